The Morgan fingerprint density at radius 3 is 2.83 bits per heavy atom. The summed E-state index contributed by atoms with van der Waals surface area (Å²) in [6, 6.07) is 15.5. The summed E-state index contributed by atoms with van der Waals surface area (Å²) in [6.45, 7) is 12.4. The molecule has 0 bridgehead atoms. The van der Waals surface area contributed by atoms with Gasteiger partial charge in [0.25, 0.3) is 0 Å². The van der Waals surface area contributed by atoms with Crippen LogP contribution >= 0.6 is 0 Å². The van der Waals surface area contributed by atoms with Crippen LogP contribution in [0.4, 0.5) is 11.5 Å². The number of nitrogens with zero attached hydrogens (tertiary/aromatic N) is 7. The van der Waals surface area contributed by atoms with Crippen LogP contribution in [0.3, 0.4) is 0 Å². The van der Waals surface area contributed by atoms with Crippen molar-refractivity contribution in [2.24, 2.45) is 5.92 Å². The van der Waals surface area contributed by atoms with Crippen LogP contribution in [-0.4, -0.2) is 52.3 Å². The third-order valence-corrected chi connectivity index (χ3v) is 8.84. The quantitative estimate of drug-likeness (QED) is 0.263. The van der Waals surface area contributed by atoms with Crippen LogP contribution in [0, 0.1) is 12.5 Å². The Morgan fingerprint density at radius 1 is 1.00 bits per heavy atom. The number of hydrogen-bond donors (Lipinski definition) is 0. The van der Waals surface area contributed by atoms with Gasteiger partial charge in [-0.05, 0) is 50.0 Å². The predicted molar refractivity (Wildman–Crippen MR) is 163 cm³/mol. The maximum Gasteiger partial charge on any atom is 0.319 e. The van der Waals surface area contributed by atoms with Crippen molar-refractivity contribution < 1.29 is 9.47 Å². The SMILES string of the molecule is [C-]#[N+]C[C@@H]1CCCN(c2nc(OCc3nccn3C3CCCCO3)nc3c2CCN(c2cccc4ccccc24)C3)C1. The minimum Gasteiger partial charge on any atom is -0.455 e. The Bertz CT molecular complexity index is 1580. The van der Waals surface area contributed by atoms with E-state index in [4.69, 9.17) is 26.0 Å². The highest BCUT2D eigenvalue weighted by molar-refractivity contribution is 5.94. The summed E-state index contributed by atoms with van der Waals surface area (Å²) >= 11 is 0. The lowest BCUT2D eigenvalue weighted by Crippen LogP contribution is -2.39. The number of rotatable bonds is 7. The number of aromatic nitrogens is 4. The minimum absolute atomic E-state index is 0.00171. The van der Waals surface area contributed by atoms with E-state index in [9.17, 15) is 0 Å². The van der Waals surface area contributed by atoms with Gasteiger partial charge >= 0.3 is 6.01 Å². The van der Waals surface area contributed by atoms with Gasteiger partial charge in [0.05, 0.1) is 12.2 Å². The fourth-order valence-electron chi connectivity index (χ4n) is 6.73. The molecule has 9 heteroatoms. The average Bonchev–Trinajstić information content (AvgIpc) is 3.52. The van der Waals surface area contributed by atoms with Crippen molar-refractivity contribution in [1.82, 2.24) is 19.5 Å². The Hall–Kier alpha value is -4.16. The van der Waals surface area contributed by atoms with Crippen molar-refractivity contribution in [2.75, 3.05) is 42.6 Å². The van der Waals surface area contributed by atoms with E-state index in [1.165, 1.54) is 22.0 Å². The Labute approximate surface area is 246 Å². The van der Waals surface area contributed by atoms with Crippen LogP contribution in [0.15, 0.2) is 54.9 Å². The molecule has 1 unspecified atom stereocenters. The lowest BCUT2D eigenvalue weighted by Gasteiger charge is -2.36. The van der Waals surface area contributed by atoms with E-state index in [0.717, 1.165) is 82.1 Å². The van der Waals surface area contributed by atoms with Crippen molar-refractivity contribution >= 4 is 22.3 Å². The fourth-order valence-corrected chi connectivity index (χ4v) is 6.73. The first kappa shape index (κ1) is 26.7. The number of fused-ring (bicyclic) bond motifs is 2. The first-order valence-electron chi connectivity index (χ1n) is 15.2. The molecular formula is C33H37N7O2. The zero-order valence-corrected chi connectivity index (χ0v) is 24.0. The molecule has 216 valence electrons. The standard InChI is InChI=1S/C33H37N7O2/c1-34-20-24-8-7-16-39(21-24)32-27-14-17-38(29-12-6-10-25-9-2-3-11-26(25)29)22-28(27)36-33(37-32)42-23-30-35-15-18-40(30)31-13-4-5-19-41-31/h2-3,6,9-12,15,18,24,31H,4-5,7-8,13-14,16-17,19-23H2/t24-,31?/m0/s1. The van der Waals surface area contributed by atoms with Gasteiger partial charge in [-0.25, -0.2) is 11.6 Å². The van der Waals surface area contributed by atoms with Gasteiger partial charge in [-0.15, -0.1) is 0 Å². The van der Waals surface area contributed by atoms with Crippen molar-refractivity contribution in [1.29, 1.82) is 0 Å². The molecule has 2 atom stereocenters. The van der Waals surface area contributed by atoms with E-state index in [2.05, 4.69) is 66.7 Å². The van der Waals surface area contributed by atoms with Gasteiger partial charge in [-0.2, -0.15) is 9.97 Å². The largest absolute Gasteiger partial charge is 0.455 e. The molecule has 0 amide bonds. The topological polar surface area (TPSA) is 72.9 Å². The van der Waals surface area contributed by atoms with Crippen molar-refractivity contribution in [3.8, 4) is 6.01 Å². The van der Waals surface area contributed by atoms with E-state index in [-0.39, 0.29) is 12.8 Å². The second-order valence-electron chi connectivity index (χ2n) is 11.6. The summed E-state index contributed by atoms with van der Waals surface area (Å²) < 4.78 is 14.4. The van der Waals surface area contributed by atoms with Crippen LogP contribution < -0.4 is 14.5 Å². The third kappa shape index (κ3) is 5.39. The van der Waals surface area contributed by atoms with E-state index < -0.39 is 0 Å². The number of imidazole rings is 1. The third-order valence-electron chi connectivity index (χ3n) is 8.84. The van der Waals surface area contributed by atoms with E-state index in [1.807, 2.05) is 12.4 Å². The molecule has 42 heavy (non-hydrogen) atoms. The second-order valence-corrected chi connectivity index (χ2v) is 11.6. The normalized spacial score (nSPS) is 20.7. The number of ether oxygens (including phenoxy) is 2. The molecule has 0 N–H and O–H groups in total. The van der Waals surface area contributed by atoms with Gasteiger partial charge in [-0.3, -0.25) is 0 Å². The highest BCUT2D eigenvalue weighted by atomic mass is 16.5. The maximum atomic E-state index is 7.41. The molecule has 2 aromatic carbocycles. The Balaban J connectivity index is 1.19. The molecule has 0 aliphatic carbocycles. The molecule has 2 saturated heterocycles. The summed E-state index contributed by atoms with van der Waals surface area (Å²) in [5, 5.41) is 2.49. The first-order chi connectivity index (χ1) is 20.8. The molecule has 2 aromatic heterocycles. The smallest absolute Gasteiger partial charge is 0.319 e. The van der Waals surface area contributed by atoms with Crippen LogP contribution in [-0.2, 0) is 24.3 Å². The van der Waals surface area contributed by atoms with E-state index in [0.29, 0.717) is 25.0 Å². The number of piperidine rings is 1. The molecule has 0 spiro atoms. The summed E-state index contributed by atoms with van der Waals surface area (Å²) in [5.41, 5.74) is 3.45. The summed E-state index contributed by atoms with van der Waals surface area (Å²) in [4.78, 5) is 23.1. The van der Waals surface area contributed by atoms with Crippen LogP contribution in [0.1, 0.15) is 55.4 Å². The Morgan fingerprint density at radius 2 is 1.93 bits per heavy atom. The summed E-state index contributed by atoms with van der Waals surface area (Å²) in [6.07, 6.45) is 10.0. The lowest BCUT2D eigenvalue weighted by molar-refractivity contribution is -0.0349. The minimum atomic E-state index is 0.00171. The first-order valence-corrected chi connectivity index (χ1v) is 15.2. The predicted octanol–water partition coefficient (Wildman–Crippen LogP) is 5.80. The summed E-state index contributed by atoms with van der Waals surface area (Å²) in [5.74, 6) is 2.16. The number of anilines is 2. The zero-order valence-electron chi connectivity index (χ0n) is 24.0. The average molecular weight is 564 g/mol. The van der Waals surface area contributed by atoms with E-state index >= 15 is 0 Å². The number of hydrogen-bond acceptors (Lipinski definition) is 7. The molecule has 4 aromatic rings. The molecular weight excluding hydrogens is 526 g/mol. The highest BCUT2D eigenvalue weighted by Crippen LogP contribution is 2.35. The van der Waals surface area contributed by atoms with E-state index in [1.54, 1.807) is 0 Å². The Kier molecular flexibility index (Phi) is 7.62. The molecule has 0 saturated carbocycles. The maximum absolute atomic E-state index is 7.41. The van der Waals surface area contributed by atoms with Gasteiger partial charge < -0.3 is 28.7 Å². The number of benzene rings is 2. The van der Waals surface area contributed by atoms with Crippen molar-refractivity contribution in [3.63, 3.8) is 0 Å². The van der Waals surface area contributed by atoms with Gasteiger partial charge in [0.1, 0.15) is 24.5 Å². The fraction of sp³-hybridized carbons (Fsp3) is 0.455. The molecule has 3 aliphatic heterocycles. The lowest BCUT2D eigenvalue weighted by atomic mass is 9.96. The molecule has 7 rings (SSSR count). The van der Waals surface area contributed by atoms with Crippen molar-refractivity contribution in [3.05, 3.63) is 83.4 Å². The van der Waals surface area contributed by atoms with Gasteiger partial charge in [0.15, 0.2) is 0 Å². The molecule has 3 aliphatic rings. The second kappa shape index (κ2) is 12.0. The van der Waals surface area contributed by atoms with Crippen LogP contribution in [0.2, 0.25) is 0 Å². The summed E-state index contributed by atoms with van der Waals surface area (Å²) in [7, 11) is 0. The molecule has 0 radical (unpaired) electrons. The van der Waals surface area contributed by atoms with Crippen LogP contribution in [0.5, 0.6) is 6.01 Å². The molecule has 2 fully saturated rings. The van der Waals surface area contributed by atoms with Gasteiger partial charge in [0.2, 0.25) is 6.54 Å². The zero-order chi connectivity index (χ0) is 28.3. The molecule has 5 heterocycles. The van der Waals surface area contributed by atoms with Crippen molar-refractivity contribution in [2.45, 2.75) is 57.9 Å². The highest BCUT2D eigenvalue weighted by Gasteiger charge is 2.30. The van der Waals surface area contributed by atoms with Gasteiger partial charge in [0, 0.05) is 61.2 Å². The van der Waals surface area contributed by atoms with Crippen LogP contribution in [0.25, 0.3) is 15.6 Å². The monoisotopic (exact) mass is 563 g/mol. The molecule has 9 nitrogen and oxygen atoms in total. The van der Waals surface area contributed by atoms with Gasteiger partial charge in [-0.1, -0.05) is 36.4 Å².